The second-order valence-corrected chi connectivity index (χ2v) is 5.80. The van der Waals surface area contributed by atoms with Gasteiger partial charge in [-0.25, -0.2) is 0 Å². The summed E-state index contributed by atoms with van der Waals surface area (Å²) >= 11 is 3.44. The zero-order chi connectivity index (χ0) is 14.7. The summed E-state index contributed by atoms with van der Waals surface area (Å²) in [4.78, 5) is 12.3. The van der Waals surface area contributed by atoms with Crippen LogP contribution in [0.4, 0.5) is 0 Å². The summed E-state index contributed by atoms with van der Waals surface area (Å²) in [6.45, 7) is 4.02. The Kier molecular flexibility index (Phi) is 4.61. The minimum atomic E-state index is 0.133. The summed E-state index contributed by atoms with van der Waals surface area (Å²) in [6, 6.07) is 11.7. The van der Waals surface area contributed by atoms with E-state index in [0.717, 1.165) is 32.5 Å². The second-order valence-electron chi connectivity index (χ2n) is 4.95. The van der Waals surface area contributed by atoms with Crippen LogP contribution in [-0.4, -0.2) is 12.9 Å². The number of ether oxygens (including phenoxy) is 1. The summed E-state index contributed by atoms with van der Waals surface area (Å²) in [7, 11) is 1.63. The van der Waals surface area contributed by atoms with Crippen molar-refractivity contribution in [1.82, 2.24) is 0 Å². The van der Waals surface area contributed by atoms with Gasteiger partial charge in [0.25, 0.3) is 0 Å². The number of benzene rings is 2. The van der Waals surface area contributed by atoms with Crippen molar-refractivity contribution in [2.75, 3.05) is 7.11 Å². The second kappa shape index (κ2) is 6.23. The fraction of sp³-hybridized carbons (Fsp3) is 0.235. The average Bonchev–Trinajstić information content (AvgIpc) is 2.37. The maximum Gasteiger partial charge on any atom is 0.167 e. The number of carbonyl (C=O) groups excluding carboxylic acids is 1. The summed E-state index contributed by atoms with van der Waals surface area (Å²) in [5, 5.41) is 0. The van der Waals surface area contributed by atoms with E-state index in [1.165, 1.54) is 0 Å². The van der Waals surface area contributed by atoms with E-state index in [4.69, 9.17) is 4.74 Å². The molecule has 0 unspecified atom stereocenters. The van der Waals surface area contributed by atoms with Gasteiger partial charge in [0.15, 0.2) is 5.78 Å². The molecule has 0 spiro atoms. The van der Waals surface area contributed by atoms with Gasteiger partial charge in [-0.15, -0.1) is 0 Å². The van der Waals surface area contributed by atoms with Crippen molar-refractivity contribution in [3.63, 3.8) is 0 Å². The molecule has 20 heavy (non-hydrogen) atoms. The first-order valence-electron chi connectivity index (χ1n) is 6.43. The monoisotopic (exact) mass is 332 g/mol. The number of ketones is 1. The van der Waals surface area contributed by atoms with Crippen LogP contribution in [0.3, 0.4) is 0 Å². The highest BCUT2D eigenvalue weighted by Gasteiger charge is 2.10. The van der Waals surface area contributed by atoms with E-state index in [1.807, 2.05) is 44.2 Å². The van der Waals surface area contributed by atoms with Crippen LogP contribution in [0.15, 0.2) is 40.9 Å². The third-order valence-corrected chi connectivity index (χ3v) is 3.74. The number of aryl methyl sites for hydroxylation is 2. The van der Waals surface area contributed by atoms with Crippen molar-refractivity contribution >= 4 is 21.7 Å². The molecule has 0 amide bonds. The Morgan fingerprint density at radius 1 is 1.10 bits per heavy atom. The Morgan fingerprint density at radius 2 is 1.75 bits per heavy atom. The molecule has 0 saturated heterocycles. The molecule has 0 atom stereocenters. The van der Waals surface area contributed by atoms with E-state index in [1.54, 1.807) is 7.11 Å². The van der Waals surface area contributed by atoms with Gasteiger partial charge in [-0.05, 0) is 59.6 Å². The zero-order valence-corrected chi connectivity index (χ0v) is 13.5. The van der Waals surface area contributed by atoms with Gasteiger partial charge in [-0.3, -0.25) is 4.79 Å². The summed E-state index contributed by atoms with van der Waals surface area (Å²) in [5.41, 5.74) is 3.98. The predicted molar refractivity (Wildman–Crippen MR) is 84.6 cm³/mol. The van der Waals surface area contributed by atoms with Crippen LogP contribution in [0, 0.1) is 13.8 Å². The first-order chi connectivity index (χ1) is 9.49. The Labute approximate surface area is 127 Å². The summed E-state index contributed by atoms with van der Waals surface area (Å²) < 4.78 is 6.06. The Morgan fingerprint density at radius 3 is 2.30 bits per heavy atom. The zero-order valence-electron chi connectivity index (χ0n) is 11.9. The van der Waals surface area contributed by atoms with Crippen molar-refractivity contribution in [2.45, 2.75) is 20.3 Å². The van der Waals surface area contributed by atoms with Gasteiger partial charge < -0.3 is 4.74 Å². The van der Waals surface area contributed by atoms with Crippen molar-refractivity contribution in [3.8, 4) is 5.75 Å². The van der Waals surface area contributed by atoms with Gasteiger partial charge >= 0.3 is 0 Å². The van der Waals surface area contributed by atoms with E-state index in [2.05, 4.69) is 22.0 Å². The lowest BCUT2D eigenvalue weighted by atomic mass is 9.99. The van der Waals surface area contributed by atoms with Gasteiger partial charge in [0.1, 0.15) is 5.75 Å². The molecule has 0 heterocycles. The highest BCUT2D eigenvalue weighted by molar-refractivity contribution is 9.10. The number of methoxy groups -OCH3 is 1. The van der Waals surface area contributed by atoms with Crippen LogP contribution >= 0.6 is 15.9 Å². The van der Waals surface area contributed by atoms with Crippen LogP contribution in [0.2, 0.25) is 0 Å². The largest absolute Gasteiger partial charge is 0.496 e. The average molecular weight is 333 g/mol. The lowest BCUT2D eigenvalue weighted by Crippen LogP contribution is -2.04. The van der Waals surface area contributed by atoms with E-state index >= 15 is 0 Å². The van der Waals surface area contributed by atoms with Gasteiger partial charge in [0.05, 0.1) is 11.6 Å². The van der Waals surface area contributed by atoms with E-state index in [-0.39, 0.29) is 5.78 Å². The lowest BCUT2D eigenvalue weighted by molar-refractivity contribution is 0.0993. The van der Waals surface area contributed by atoms with E-state index in [9.17, 15) is 4.79 Å². The summed E-state index contributed by atoms with van der Waals surface area (Å²) in [6.07, 6.45) is 0.394. The molecular weight excluding hydrogens is 316 g/mol. The minimum Gasteiger partial charge on any atom is -0.496 e. The van der Waals surface area contributed by atoms with Gasteiger partial charge in [0.2, 0.25) is 0 Å². The molecule has 2 nitrogen and oxygen atoms in total. The maximum atomic E-state index is 12.3. The van der Waals surface area contributed by atoms with Crippen LogP contribution in [0.25, 0.3) is 0 Å². The molecule has 2 aromatic carbocycles. The number of hydrogen-bond donors (Lipinski definition) is 0. The molecule has 0 aliphatic carbocycles. The van der Waals surface area contributed by atoms with Crippen LogP contribution in [0.5, 0.6) is 5.75 Å². The van der Waals surface area contributed by atoms with Crippen molar-refractivity contribution < 1.29 is 9.53 Å². The smallest absolute Gasteiger partial charge is 0.167 e. The molecule has 2 rings (SSSR count). The molecule has 3 heteroatoms. The normalized spacial score (nSPS) is 10.4. The van der Waals surface area contributed by atoms with E-state index in [0.29, 0.717) is 6.42 Å². The number of halogens is 1. The van der Waals surface area contributed by atoms with Crippen LogP contribution in [0.1, 0.15) is 27.0 Å². The standard InChI is InChI=1S/C17H17BrO2/c1-11-6-12(2)8-14(7-11)16(19)10-13-4-5-17(20-3)15(18)9-13/h4-9H,10H2,1-3H3. The van der Waals surface area contributed by atoms with Gasteiger partial charge in [-0.2, -0.15) is 0 Å². The molecule has 0 aliphatic rings. The highest BCUT2D eigenvalue weighted by atomic mass is 79.9. The lowest BCUT2D eigenvalue weighted by Gasteiger charge is -2.07. The fourth-order valence-corrected chi connectivity index (χ4v) is 2.83. The van der Waals surface area contributed by atoms with Gasteiger partial charge in [-0.1, -0.05) is 23.3 Å². The third kappa shape index (κ3) is 3.48. The van der Waals surface area contributed by atoms with Crippen molar-refractivity contribution in [1.29, 1.82) is 0 Å². The molecular formula is C17H17BrO2. The Balaban J connectivity index is 2.21. The number of Topliss-reactive ketones (excluding diaryl/α,β-unsaturated/α-hetero) is 1. The molecule has 0 bridgehead atoms. The molecule has 0 aromatic heterocycles. The third-order valence-electron chi connectivity index (χ3n) is 3.12. The predicted octanol–water partition coefficient (Wildman–Crippen LogP) is 4.50. The van der Waals surface area contributed by atoms with Crippen LogP contribution in [-0.2, 0) is 6.42 Å². The first kappa shape index (κ1) is 14.8. The van der Waals surface area contributed by atoms with Crippen LogP contribution < -0.4 is 4.74 Å². The Bertz CT molecular complexity index is 627. The minimum absolute atomic E-state index is 0.133. The van der Waals surface area contributed by atoms with Crippen molar-refractivity contribution in [2.24, 2.45) is 0 Å². The highest BCUT2D eigenvalue weighted by Crippen LogP contribution is 2.26. The molecule has 0 aliphatic heterocycles. The molecule has 0 fully saturated rings. The molecule has 2 aromatic rings. The Hall–Kier alpha value is -1.61. The number of rotatable bonds is 4. The molecule has 0 N–H and O–H groups in total. The van der Waals surface area contributed by atoms with Crippen molar-refractivity contribution in [3.05, 3.63) is 63.1 Å². The summed E-state index contributed by atoms with van der Waals surface area (Å²) in [5.74, 6) is 0.904. The number of hydrogen-bond acceptors (Lipinski definition) is 2. The fourth-order valence-electron chi connectivity index (χ4n) is 2.24. The van der Waals surface area contributed by atoms with Gasteiger partial charge in [0, 0.05) is 12.0 Å². The quantitative estimate of drug-likeness (QED) is 0.770. The molecule has 0 radical (unpaired) electrons. The maximum absolute atomic E-state index is 12.3. The molecule has 104 valence electrons. The number of carbonyl (C=O) groups is 1. The van der Waals surface area contributed by atoms with E-state index < -0.39 is 0 Å². The molecule has 0 saturated carbocycles. The topological polar surface area (TPSA) is 26.3 Å². The first-order valence-corrected chi connectivity index (χ1v) is 7.23. The SMILES string of the molecule is COc1ccc(CC(=O)c2cc(C)cc(C)c2)cc1Br.